The van der Waals surface area contributed by atoms with E-state index in [-0.39, 0.29) is 5.97 Å². The Balaban J connectivity index is 4.50. The number of esters is 1. The van der Waals surface area contributed by atoms with Gasteiger partial charge in [0.05, 0.1) is 13.2 Å². The smallest absolute Gasteiger partial charge is 0.326 e. The lowest BCUT2D eigenvalue weighted by atomic mass is 9.97. The first-order valence-corrected chi connectivity index (χ1v) is 7.67. The largest absolute Gasteiger partial charge is 0.465 e. The minimum absolute atomic E-state index is 0.156. The summed E-state index contributed by atoms with van der Waals surface area (Å²) in [7, 11) is 1.71. The van der Waals surface area contributed by atoms with Crippen molar-refractivity contribution in [2.75, 3.05) is 46.5 Å². The van der Waals surface area contributed by atoms with Gasteiger partial charge in [0.15, 0.2) is 0 Å². The molecule has 0 aromatic rings. The van der Waals surface area contributed by atoms with Gasteiger partial charge in [0.25, 0.3) is 0 Å². The van der Waals surface area contributed by atoms with Crippen molar-refractivity contribution in [1.29, 1.82) is 0 Å². The number of rotatable bonds is 12. The Morgan fingerprint density at radius 3 is 2.45 bits per heavy atom. The zero-order valence-corrected chi connectivity index (χ0v) is 13.8. The molecule has 5 heteroatoms. The fourth-order valence-electron chi connectivity index (χ4n) is 1.98. The van der Waals surface area contributed by atoms with Crippen LogP contribution < -0.4 is 5.32 Å². The summed E-state index contributed by atoms with van der Waals surface area (Å²) in [6.45, 7) is 12.6. The molecule has 0 radical (unpaired) electrons. The predicted molar refractivity (Wildman–Crippen MR) is 81.9 cm³/mol. The Kier molecular flexibility index (Phi) is 10.7. The van der Waals surface area contributed by atoms with Crippen molar-refractivity contribution >= 4 is 5.97 Å². The average molecular weight is 288 g/mol. The maximum Gasteiger partial charge on any atom is 0.326 e. The lowest BCUT2D eigenvalue weighted by molar-refractivity contribution is -0.151. The number of likely N-dealkylation sites (N-methyl/N-ethyl adjacent to an activating group) is 1. The fraction of sp³-hybridized carbons (Fsp3) is 0.933. The second kappa shape index (κ2) is 11.1. The Hall–Kier alpha value is -0.650. The normalized spacial score (nSPS) is 14.3. The minimum Gasteiger partial charge on any atom is -0.465 e. The summed E-state index contributed by atoms with van der Waals surface area (Å²) in [5, 5.41) is 3.33. The number of nitrogens with zero attached hydrogens (tertiary/aromatic N) is 1. The highest BCUT2D eigenvalue weighted by Gasteiger charge is 2.33. The first-order valence-electron chi connectivity index (χ1n) is 7.67. The lowest BCUT2D eigenvalue weighted by Gasteiger charge is -2.31. The third-order valence-corrected chi connectivity index (χ3v) is 3.48. The Morgan fingerprint density at radius 2 is 1.95 bits per heavy atom. The summed E-state index contributed by atoms with van der Waals surface area (Å²) in [6.07, 6.45) is 1.74. The number of nitrogens with one attached hydrogen (secondary N) is 1. The number of methoxy groups -OCH3 is 1. The van der Waals surface area contributed by atoms with Crippen LogP contribution in [-0.4, -0.2) is 62.9 Å². The van der Waals surface area contributed by atoms with E-state index in [0.717, 1.165) is 39.0 Å². The van der Waals surface area contributed by atoms with E-state index in [1.165, 1.54) is 0 Å². The molecule has 0 amide bonds. The molecule has 0 aliphatic carbocycles. The molecule has 1 N–H and O–H groups in total. The summed E-state index contributed by atoms with van der Waals surface area (Å²) in [6, 6.07) is 0. The standard InChI is InChI=1S/C15H32N2O3/c1-6-10-16-15(4,14(18)20-8-3)9-11-17(7-2)12-13-19-5/h16H,6-13H2,1-5H3. The lowest BCUT2D eigenvalue weighted by Crippen LogP contribution is -2.52. The van der Waals surface area contributed by atoms with E-state index in [0.29, 0.717) is 13.2 Å². The molecular formula is C15H32N2O3. The van der Waals surface area contributed by atoms with Gasteiger partial charge >= 0.3 is 5.97 Å². The molecule has 0 heterocycles. The van der Waals surface area contributed by atoms with Crippen LogP contribution >= 0.6 is 0 Å². The van der Waals surface area contributed by atoms with Crippen LogP contribution in [0, 0.1) is 0 Å². The summed E-state index contributed by atoms with van der Waals surface area (Å²) in [5.74, 6) is -0.156. The van der Waals surface area contributed by atoms with Gasteiger partial charge in [0.1, 0.15) is 5.54 Å². The highest BCUT2D eigenvalue weighted by atomic mass is 16.5. The molecule has 0 saturated heterocycles. The van der Waals surface area contributed by atoms with Gasteiger partial charge in [-0.05, 0) is 39.8 Å². The number of carbonyl (C=O) groups excluding carboxylic acids is 1. The van der Waals surface area contributed by atoms with E-state index in [1.54, 1.807) is 7.11 Å². The van der Waals surface area contributed by atoms with Gasteiger partial charge in [-0.3, -0.25) is 4.79 Å². The molecule has 1 atom stereocenters. The SMILES string of the molecule is CCCNC(C)(CCN(CC)CCOC)C(=O)OCC. The minimum atomic E-state index is -0.605. The van der Waals surface area contributed by atoms with E-state index in [4.69, 9.17) is 9.47 Å². The topological polar surface area (TPSA) is 50.8 Å². The van der Waals surface area contributed by atoms with Crippen LogP contribution in [0.25, 0.3) is 0 Å². The Labute approximate surface area is 124 Å². The van der Waals surface area contributed by atoms with Gasteiger partial charge in [-0.1, -0.05) is 13.8 Å². The van der Waals surface area contributed by atoms with Gasteiger partial charge in [-0.2, -0.15) is 0 Å². The summed E-state index contributed by atoms with van der Waals surface area (Å²) in [5.41, 5.74) is -0.605. The summed E-state index contributed by atoms with van der Waals surface area (Å²) in [4.78, 5) is 14.4. The molecule has 0 rings (SSSR count). The second-order valence-corrected chi connectivity index (χ2v) is 5.16. The number of hydrogen-bond acceptors (Lipinski definition) is 5. The Morgan fingerprint density at radius 1 is 1.25 bits per heavy atom. The highest BCUT2D eigenvalue weighted by Crippen LogP contribution is 2.13. The maximum absolute atomic E-state index is 12.2. The summed E-state index contributed by atoms with van der Waals surface area (Å²) >= 11 is 0. The van der Waals surface area contributed by atoms with Gasteiger partial charge < -0.3 is 19.7 Å². The molecule has 0 bridgehead atoms. The molecule has 5 nitrogen and oxygen atoms in total. The van der Waals surface area contributed by atoms with Crippen LogP contribution in [0.15, 0.2) is 0 Å². The van der Waals surface area contributed by atoms with E-state index >= 15 is 0 Å². The molecule has 0 aliphatic heterocycles. The van der Waals surface area contributed by atoms with Gasteiger partial charge in [-0.25, -0.2) is 0 Å². The van der Waals surface area contributed by atoms with Gasteiger partial charge in [-0.15, -0.1) is 0 Å². The van der Waals surface area contributed by atoms with Crippen LogP contribution in [0.5, 0.6) is 0 Å². The van der Waals surface area contributed by atoms with Crippen molar-refractivity contribution in [2.45, 2.75) is 46.1 Å². The molecule has 0 saturated carbocycles. The zero-order chi connectivity index (χ0) is 15.4. The first kappa shape index (κ1) is 19.4. The molecule has 1 unspecified atom stereocenters. The van der Waals surface area contributed by atoms with Crippen molar-refractivity contribution < 1.29 is 14.3 Å². The zero-order valence-electron chi connectivity index (χ0n) is 13.8. The number of hydrogen-bond donors (Lipinski definition) is 1. The summed E-state index contributed by atoms with van der Waals surface area (Å²) < 4.78 is 10.3. The maximum atomic E-state index is 12.2. The van der Waals surface area contributed by atoms with Gasteiger partial charge in [0.2, 0.25) is 0 Å². The molecule has 20 heavy (non-hydrogen) atoms. The van der Waals surface area contributed by atoms with Crippen molar-refractivity contribution in [3.63, 3.8) is 0 Å². The van der Waals surface area contributed by atoms with Crippen LogP contribution in [-0.2, 0) is 14.3 Å². The average Bonchev–Trinajstić information content (AvgIpc) is 2.45. The van der Waals surface area contributed by atoms with Crippen molar-refractivity contribution in [3.05, 3.63) is 0 Å². The fourth-order valence-corrected chi connectivity index (χ4v) is 1.98. The van der Waals surface area contributed by atoms with Crippen molar-refractivity contribution in [3.8, 4) is 0 Å². The van der Waals surface area contributed by atoms with E-state index < -0.39 is 5.54 Å². The molecule has 120 valence electrons. The van der Waals surface area contributed by atoms with Gasteiger partial charge in [0, 0.05) is 20.2 Å². The third-order valence-electron chi connectivity index (χ3n) is 3.48. The molecular weight excluding hydrogens is 256 g/mol. The first-order chi connectivity index (χ1) is 9.53. The predicted octanol–water partition coefficient (Wildman–Crippen LogP) is 1.67. The molecule has 0 fully saturated rings. The molecule has 0 aliphatic rings. The second-order valence-electron chi connectivity index (χ2n) is 5.16. The van der Waals surface area contributed by atoms with Crippen molar-refractivity contribution in [2.24, 2.45) is 0 Å². The molecule has 0 spiro atoms. The van der Waals surface area contributed by atoms with E-state index in [2.05, 4.69) is 24.1 Å². The van der Waals surface area contributed by atoms with E-state index in [1.807, 2.05) is 13.8 Å². The van der Waals surface area contributed by atoms with E-state index in [9.17, 15) is 4.79 Å². The van der Waals surface area contributed by atoms with Crippen LogP contribution in [0.3, 0.4) is 0 Å². The van der Waals surface area contributed by atoms with Crippen LogP contribution in [0.4, 0.5) is 0 Å². The number of carbonyl (C=O) groups is 1. The Bertz CT molecular complexity index is 262. The van der Waals surface area contributed by atoms with Crippen LogP contribution in [0.2, 0.25) is 0 Å². The molecule has 0 aromatic carbocycles. The van der Waals surface area contributed by atoms with Crippen molar-refractivity contribution in [1.82, 2.24) is 10.2 Å². The van der Waals surface area contributed by atoms with Crippen LogP contribution in [0.1, 0.15) is 40.5 Å². The highest BCUT2D eigenvalue weighted by molar-refractivity contribution is 5.80. The monoisotopic (exact) mass is 288 g/mol. The number of ether oxygens (including phenoxy) is 2. The molecule has 0 aromatic heterocycles. The third kappa shape index (κ3) is 7.22. The quantitative estimate of drug-likeness (QED) is 0.554.